The van der Waals surface area contributed by atoms with Crippen LogP contribution >= 0.6 is 0 Å². The molecule has 1 rings (SSSR count). The molecule has 0 heterocycles. The highest BCUT2D eigenvalue weighted by atomic mass is 19.4. The van der Waals surface area contributed by atoms with E-state index in [4.69, 9.17) is 0 Å². The van der Waals surface area contributed by atoms with Gasteiger partial charge in [0.15, 0.2) is 11.5 Å². The van der Waals surface area contributed by atoms with Crippen LogP contribution in [0.2, 0.25) is 0 Å². The van der Waals surface area contributed by atoms with Crippen LogP contribution in [0.5, 0.6) is 11.5 Å². The van der Waals surface area contributed by atoms with Gasteiger partial charge in [-0.15, -0.1) is 0 Å². The average Bonchev–Trinajstić information content (AvgIpc) is 2.38. The van der Waals surface area contributed by atoms with E-state index in [1.54, 1.807) is 0 Å². The van der Waals surface area contributed by atoms with Crippen LogP contribution in [0.1, 0.15) is 6.92 Å². The normalized spacial score (nSPS) is 12.7. The van der Waals surface area contributed by atoms with Crippen LogP contribution < -0.4 is 9.47 Å². The molecule has 0 saturated heterocycles. The molecule has 1 aromatic rings. The molecule has 11 heteroatoms. The number of benzene rings is 1. The van der Waals surface area contributed by atoms with E-state index in [-0.39, 0.29) is 0 Å². The number of rotatable bonds is 4. The van der Waals surface area contributed by atoms with Crippen molar-refractivity contribution in [3.63, 3.8) is 0 Å². The first-order valence-corrected chi connectivity index (χ1v) is 5.62. The highest BCUT2D eigenvalue weighted by Gasteiger charge is 2.77. The molecule has 0 radical (unpaired) electrons. The molecule has 0 aliphatic rings. The van der Waals surface area contributed by atoms with Gasteiger partial charge < -0.3 is 9.47 Å². The second-order valence-corrected chi connectivity index (χ2v) is 4.08. The van der Waals surface area contributed by atoms with Crippen molar-refractivity contribution in [1.82, 2.24) is 0 Å². The Morgan fingerprint density at radius 2 is 1.30 bits per heavy atom. The minimum absolute atomic E-state index is 0.612. The fourth-order valence-electron chi connectivity index (χ4n) is 1.24. The third-order valence-corrected chi connectivity index (χ3v) is 2.31. The molecule has 23 heavy (non-hydrogen) atoms. The summed E-state index contributed by atoms with van der Waals surface area (Å²) >= 11 is 0. The molecule has 0 unspecified atom stereocenters. The highest BCUT2D eigenvalue weighted by Crippen LogP contribution is 2.47. The van der Waals surface area contributed by atoms with E-state index in [0.717, 1.165) is 25.1 Å². The molecule has 1 aromatic carbocycles. The number of carbonyl (C=O) groups is 2. The van der Waals surface area contributed by atoms with Crippen LogP contribution in [0.4, 0.5) is 30.7 Å². The zero-order chi connectivity index (χ0) is 18.1. The Kier molecular flexibility index (Phi) is 4.92. The Bertz CT molecular complexity index is 610. The summed E-state index contributed by atoms with van der Waals surface area (Å²) in [4.78, 5) is 21.8. The molecule has 0 N–H and O–H groups in total. The first-order chi connectivity index (χ1) is 10.3. The number of para-hydroxylation sites is 2. The summed E-state index contributed by atoms with van der Waals surface area (Å²) in [5.41, 5.74) is 0. The second-order valence-electron chi connectivity index (χ2n) is 4.08. The molecule has 4 nitrogen and oxygen atoms in total. The summed E-state index contributed by atoms with van der Waals surface area (Å²) in [5.74, 6) is -18.5. The van der Waals surface area contributed by atoms with Gasteiger partial charge in [0.1, 0.15) is 0 Å². The van der Waals surface area contributed by atoms with E-state index in [0.29, 0.717) is 0 Å². The molecule has 0 aliphatic heterocycles. The number of ether oxygens (including phenoxy) is 2. The lowest BCUT2D eigenvalue weighted by atomic mass is 10.1. The second kappa shape index (κ2) is 6.05. The Morgan fingerprint density at radius 3 is 1.70 bits per heavy atom. The van der Waals surface area contributed by atoms with Gasteiger partial charge in [0, 0.05) is 6.92 Å². The van der Waals surface area contributed by atoms with Crippen LogP contribution in [0.25, 0.3) is 0 Å². The highest BCUT2D eigenvalue weighted by molar-refractivity contribution is 5.82. The Morgan fingerprint density at radius 1 is 0.870 bits per heavy atom. The van der Waals surface area contributed by atoms with Gasteiger partial charge in [-0.25, -0.2) is 4.79 Å². The van der Waals surface area contributed by atoms with Crippen molar-refractivity contribution < 1.29 is 49.8 Å². The number of esters is 2. The van der Waals surface area contributed by atoms with Crippen molar-refractivity contribution in [2.24, 2.45) is 0 Å². The molecule has 0 bridgehead atoms. The Balaban J connectivity index is 3.11. The molecule has 0 atom stereocenters. The van der Waals surface area contributed by atoms with Crippen molar-refractivity contribution in [2.45, 2.75) is 24.9 Å². The first kappa shape index (κ1) is 18.7. The average molecular weight is 348 g/mol. The van der Waals surface area contributed by atoms with Crippen molar-refractivity contribution in [1.29, 1.82) is 0 Å². The number of hydrogen-bond acceptors (Lipinski definition) is 4. The molecular formula is C12H7F7O4. The molecule has 0 aromatic heterocycles. The smallest absolute Gasteiger partial charge is 0.423 e. The van der Waals surface area contributed by atoms with E-state index in [1.807, 2.05) is 0 Å². The van der Waals surface area contributed by atoms with E-state index in [1.165, 1.54) is 6.07 Å². The zero-order valence-corrected chi connectivity index (χ0v) is 11.1. The SMILES string of the molecule is CC(=O)Oc1ccccc1OC(=O)C(F)(F)C(F)(F)C(F)(F)F. The molecular weight excluding hydrogens is 341 g/mol. The van der Waals surface area contributed by atoms with Gasteiger partial charge >= 0.3 is 30.0 Å². The van der Waals surface area contributed by atoms with Crippen LogP contribution in [0, 0.1) is 0 Å². The molecule has 0 fully saturated rings. The van der Waals surface area contributed by atoms with Gasteiger partial charge in [-0.3, -0.25) is 4.79 Å². The van der Waals surface area contributed by atoms with Crippen LogP contribution in [-0.4, -0.2) is 30.0 Å². The van der Waals surface area contributed by atoms with Gasteiger partial charge in [0.05, 0.1) is 0 Å². The maximum Gasteiger partial charge on any atom is 0.460 e. The minimum atomic E-state index is -6.68. The summed E-state index contributed by atoms with van der Waals surface area (Å²) in [5, 5.41) is 0. The lowest BCUT2D eigenvalue weighted by Gasteiger charge is -2.26. The largest absolute Gasteiger partial charge is 0.460 e. The lowest BCUT2D eigenvalue weighted by molar-refractivity contribution is -0.346. The van der Waals surface area contributed by atoms with E-state index < -0.39 is 41.5 Å². The molecule has 128 valence electrons. The van der Waals surface area contributed by atoms with Gasteiger partial charge in [-0.1, -0.05) is 12.1 Å². The fraction of sp³-hybridized carbons (Fsp3) is 0.333. The molecule has 0 saturated carbocycles. The maximum atomic E-state index is 13.1. The summed E-state index contributed by atoms with van der Waals surface area (Å²) in [6.45, 7) is 0.894. The Labute approximate surface area is 123 Å². The molecule has 0 amide bonds. The summed E-state index contributed by atoms with van der Waals surface area (Å²) in [6, 6.07) is 4.00. The molecule has 0 spiro atoms. The van der Waals surface area contributed by atoms with Gasteiger partial charge in [-0.05, 0) is 12.1 Å². The Hall–Kier alpha value is -2.33. The topological polar surface area (TPSA) is 52.6 Å². The van der Waals surface area contributed by atoms with Crippen LogP contribution in [0.3, 0.4) is 0 Å². The maximum absolute atomic E-state index is 13.1. The lowest BCUT2D eigenvalue weighted by Crippen LogP contribution is -2.57. The fourth-order valence-corrected chi connectivity index (χ4v) is 1.24. The van der Waals surface area contributed by atoms with E-state index in [2.05, 4.69) is 9.47 Å². The number of carbonyl (C=O) groups excluding carboxylic acids is 2. The predicted molar refractivity (Wildman–Crippen MR) is 59.3 cm³/mol. The van der Waals surface area contributed by atoms with Gasteiger partial charge in [0.2, 0.25) is 0 Å². The number of alkyl halides is 7. The molecule has 0 aliphatic carbocycles. The minimum Gasteiger partial charge on any atom is -0.423 e. The predicted octanol–water partition coefficient (Wildman–Crippen LogP) is 3.35. The number of hydrogen-bond donors (Lipinski definition) is 0. The van der Waals surface area contributed by atoms with Gasteiger partial charge in [0.25, 0.3) is 0 Å². The first-order valence-electron chi connectivity index (χ1n) is 5.62. The van der Waals surface area contributed by atoms with Crippen LogP contribution in [-0.2, 0) is 9.59 Å². The third kappa shape index (κ3) is 3.71. The quantitative estimate of drug-likeness (QED) is 0.476. The van der Waals surface area contributed by atoms with Crippen molar-refractivity contribution in [3.05, 3.63) is 24.3 Å². The summed E-state index contributed by atoms with van der Waals surface area (Å²) in [6.07, 6.45) is -6.68. The van der Waals surface area contributed by atoms with Gasteiger partial charge in [-0.2, -0.15) is 30.7 Å². The van der Waals surface area contributed by atoms with E-state index in [9.17, 15) is 40.3 Å². The number of halogens is 7. The summed E-state index contributed by atoms with van der Waals surface area (Å²) in [7, 11) is 0. The van der Waals surface area contributed by atoms with Crippen LogP contribution in [0.15, 0.2) is 24.3 Å². The van der Waals surface area contributed by atoms with Crippen molar-refractivity contribution >= 4 is 11.9 Å². The van der Waals surface area contributed by atoms with E-state index >= 15 is 0 Å². The third-order valence-electron chi connectivity index (χ3n) is 2.31. The summed E-state index contributed by atoms with van der Waals surface area (Å²) < 4.78 is 95.9. The standard InChI is InChI=1S/C12H7F7O4/c1-6(20)22-7-4-2-3-5-8(7)23-9(21)10(13,14)11(15,16)12(17,18)19/h2-5H,1H3. The van der Waals surface area contributed by atoms with Crippen molar-refractivity contribution in [2.75, 3.05) is 0 Å². The van der Waals surface area contributed by atoms with Crippen molar-refractivity contribution in [3.8, 4) is 11.5 Å². The zero-order valence-electron chi connectivity index (χ0n) is 11.1. The monoisotopic (exact) mass is 348 g/mol.